The van der Waals surface area contributed by atoms with Crippen LogP contribution in [0.3, 0.4) is 0 Å². The van der Waals surface area contributed by atoms with E-state index in [0.717, 1.165) is 25.0 Å². The highest BCUT2D eigenvalue weighted by Gasteiger charge is 2.26. The SMILES string of the molecule is CC(Nc1cc(F)c(I)cc1[N+](=O)[O-])C(=O)N1CCCC1. The van der Waals surface area contributed by atoms with E-state index in [1.165, 1.54) is 0 Å². The second kappa shape index (κ2) is 6.54. The van der Waals surface area contributed by atoms with Crippen molar-refractivity contribution in [3.63, 3.8) is 0 Å². The molecule has 1 saturated heterocycles. The van der Waals surface area contributed by atoms with Crippen molar-refractivity contribution in [3.05, 3.63) is 31.6 Å². The Labute approximate surface area is 135 Å². The summed E-state index contributed by atoms with van der Waals surface area (Å²) >= 11 is 1.70. The van der Waals surface area contributed by atoms with E-state index in [0.29, 0.717) is 13.1 Å². The van der Waals surface area contributed by atoms with Gasteiger partial charge < -0.3 is 10.2 Å². The number of anilines is 1. The lowest BCUT2D eigenvalue weighted by Gasteiger charge is -2.21. The fourth-order valence-corrected chi connectivity index (χ4v) is 2.76. The summed E-state index contributed by atoms with van der Waals surface area (Å²) in [7, 11) is 0. The van der Waals surface area contributed by atoms with Crippen LogP contribution in [-0.4, -0.2) is 34.9 Å². The largest absolute Gasteiger partial charge is 0.368 e. The van der Waals surface area contributed by atoms with Gasteiger partial charge in [0.05, 0.1) is 8.49 Å². The zero-order chi connectivity index (χ0) is 15.6. The van der Waals surface area contributed by atoms with Crippen molar-refractivity contribution in [3.8, 4) is 0 Å². The average molecular weight is 407 g/mol. The van der Waals surface area contributed by atoms with E-state index >= 15 is 0 Å². The van der Waals surface area contributed by atoms with E-state index in [1.54, 1.807) is 34.4 Å². The Morgan fingerprint density at radius 3 is 2.67 bits per heavy atom. The molecule has 0 aliphatic carbocycles. The van der Waals surface area contributed by atoms with Gasteiger partial charge in [-0.05, 0) is 42.4 Å². The number of hydrogen-bond acceptors (Lipinski definition) is 4. The number of nitro groups is 1. The van der Waals surface area contributed by atoms with Gasteiger partial charge in [-0.2, -0.15) is 0 Å². The normalized spacial score (nSPS) is 15.9. The van der Waals surface area contributed by atoms with Crippen molar-refractivity contribution in [2.75, 3.05) is 18.4 Å². The third-order valence-electron chi connectivity index (χ3n) is 3.40. The molecule has 1 aromatic carbocycles. The maximum atomic E-state index is 13.6. The Hall–Kier alpha value is -1.45. The number of nitrogens with zero attached hydrogens (tertiary/aromatic N) is 2. The molecule has 1 aliphatic heterocycles. The Kier molecular flexibility index (Phi) is 4.96. The number of likely N-dealkylation sites (tertiary alicyclic amines) is 1. The topological polar surface area (TPSA) is 75.5 Å². The summed E-state index contributed by atoms with van der Waals surface area (Å²) in [4.78, 5) is 24.3. The molecule has 0 bridgehead atoms. The van der Waals surface area contributed by atoms with Crippen LogP contribution in [0.1, 0.15) is 19.8 Å². The summed E-state index contributed by atoms with van der Waals surface area (Å²) in [5.41, 5.74) is -0.208. The number of halogens is 2. The standard InChI is InChI=1S/C13H15FIN3O3/c1-8(13(19)17-4-2-3-5-17)16-11-6-9(14)10(15)7-12(11)18(20)21/h6-8,16H,2-5H2,1H3. The highest BCUT2D eigenvalue weighted by Crippen LogP contribution is 2.29. The zero-order valence-electron chi connectivity index (χ0n) is 11.4. The van der Waals surface area contributed by atoms with E-state index in [-0.39, 0.29) is 20.9 Å². The van der Waals surface area contributed by atoms with Crippen molar-refractivity contribution >= 4 is 39.9 Å². The number of rotatable bonds is 4. The van der Waals surface area contributed by atoms with Crippen LogP contribution in [-0.2, 0) is 4.79 Å². The van der Waals surface area contributed by atoms with Crippen LogP contribution in [0.4, 0.5) is 15.8 Å². The van der Waals surface area contributed by atoms with Gasteiger partial charge >= 0.3 is 0 Å². The number of nitrogens with one attached hydrogen (secondary N) is 1. The number of nitro benzene ring substituents is 1. The van der Waals surface area contributed by atoms with Gasteiger partial charge in [-0.25, -0.2) is 4.39 Å². The van der Waals surface area contributed by atoms with Crippen LogP contribution >= 0.6 is 22.6 Å². The Bertz CT molecular complexity index is 576. The molecule has 6 nitrogen and oxygen atoms in total. The van der Waals surface area contributed by atoms with Crippen LogP contribution in [0, 0.1) is 19.5 Å². The van der Waals surface area contributed by atoms with Gasteiger partial charge in [-0.1, -0.05) is 0 Å². The Morgan fingerprint density at radius 2 is 2.10 bits per heavy atom. The predicted octanol–water partition coefficient (Wildman–Crippen LogP) is 2.76. The van der Waals surface area contributed by atoms with Gasteiger partial charge in [0.2, 0.25) is 5.91 Å². The van der Waals surface area contributed by atoms with Gasteiger partial charge in [0.25, 0.3) is 5.69 Å². The maximum absolute atomic E-state index is 13.6. The number of carbonyl (C=O) groups excluding carboxylic acids is 1. The minimum absolute atomic E-state index is 0.0259. The second-order valence-electron chi connectivity index (χ2n) is 4.94. The van der Waals surface area contributed by atoms with Gasteiger partial charge in [-0.15, -0.1) is 0 Å². The molecule has 1 aliphatic rings. The first-order valence-electron chi connectivity index (χ1n) is 6.59. The third kappa shape index (κ3) is 3.60. The number of hydrogen-bond donors (Lipinski definition) is 1. The van der Waals surface area contributed by atoms with Crippen molar-refractivity contribution in [2.24, 2.45) is 0 Å². The van der Waals surface area contributed by atoms with Crippen molar-refractivity contribution in [1.82, 2.24) is 4.90 Å². The highest BCUT2D eigenvalue weighted by atomic mass is 127. The molecule has 1 atom stereocenters. The molecule has 0 aromatic heterocycles. The first kappa shape index (κ1) is 15.9. The number of carbonyl (C=O) groups is 1. The van der Waals surface area contributed by atoms with Crippen LogP contribution in [0.15, 0.2) is 12.1 Å². The molecular weight excluding hydrogens is 392 g/mol. The molecule has 0 radical (unpaired) electrons. The minimum atomic E-state index is -0.638. The molecule has 1 heterocycles. The summed E-state index contributed by atoms with van der Waals surface area (Å²) in [6.45, 7) is 3.03. The zero-order valence-corrected chi connectivity index (χ0v) is 13.6. The summed E-state index contributed by atoms with van der Waals surface area (Å²) in [6.07, 6.45) is 1.94. The molecule has 2 rings (SSSR count). The first-order chi connectivity index (χ1) is 9.90. The van der Waals surface area contributed by atoms with Gasteiger partial charge in [-0.3, -0.25) is 14.9 Å². The van der Waals surface area contributed by atoms with Crippen molar-refractivity contribution in [1.29, 1.82) is 0 Å². The van der Waals surface area contributed by atoms with E-state index in [1.807, 2.05) is 0 Å². The summed E-state index contributed by atoms with van der Waals surface area (Å²) < 4.78 is 13.8. The fourth-order valence-electron chi connectivity index (χ4n) is 2.31. The molecule has 1 N–H and O–H groups in total. The van der Waals surface area contributed by atoms with E-state index in [2.05, 4.69) is 5.32 Å². The quantitative estimate of drug-likeness (QED) is 0.473. The molecule has 1 unspecified atom stereocenters. The van der Waals surface area contributed by atoms with Crippen molar-refractivity contribution in [2.45, 2.75) is 25.8 Å². The maximum Gasteiger partial charge on any atom is 0.293 e. The minimum Gasteiger partial charge on any atom is -0.368 e. The molecule has 21 heavy (non-hydrogen) atoms. The molecule has 1 amide bonds. The van der Waals surface area contributed by atoms with Crippen molar-refractivity contribution < 1.29 is 14.1 Å². The fraction of sp³-hybridized carbons (Fsp3) is 0.462. The molecule has 0 saturated carbocycles. The average Bonchev–Trinajstić information content (AvgIpc) is 2.95. The molecule has 114 valence electrons. The summed E-state index contributed by atoms with van der Waals surface area (Å²) in [5, 5.41) is 13.8. The Morgan fingerprint density at radius 1 is 1.48 bits per heavy atom. The van der Waals surface area contributed by atoms with Gasteiger partial charge in [0.1, 0.15) is 17.5 Å². The molecular formula is C13H15FIN3O3. The van der Waals surface area contributed by atoms with Gasteiger partial charge in [0.15, 0.2) is 0 Å². The smallest absolute Gasteiger partial charge is 0.293 e. The summed E-state index contributed by atoms with van der Waals surface area (Å²) in [6, 6.07) is 1.58. The first-order valence-corrected chi connectivity index (χ1v) is 7.67. The van der Waals surface area contributed by atoms with Crippen LogP contribution < -0.4 is 5.32 Å². The van der Waals surface area contributed by atoms with E-state index in [4.69, 9.17) is 0 Å². The van der Waals surface area contributed by atoms with E-state index < -0.39 is 16.8 Å². The number of amides is 1. The lowest BCUT2D eigenvalue weighted by atomic mass is 10.2. The Balaban J connectivity index is 2.19. The molecule has 8 heteroatoms. The highest BCUT2D eigenvalue weighted by molar-refractivity contribution is 14.1. The van der Waals surface area contributed by atoms with Crippen LogP contribution in [0.25, 0.3) is 0 Å². The molecule has 1 aromatic rings. The second-order valence-corrected chi connectivity index (χ2v) is 6.10. The number of benzene rings is 1. The third-order valence-corrected chi connectivity index (χ3v) is 4.22. The monoisotopic (exact) mass is 407 g/mol. The lowest BCUT2D eigenvalue weighted by Crippen LogP contribution is -2.39. The van der Waals surface area contributed by atoms with Crippen LogP contribution in [0.5, 0.6) is 0 Å². The summed E-state index contributed by atoms with van der Waals surface area (Å²) in [5.74, 6) is -0.676. The molecule has 0 spiro atoms. The molecule has 1 fully saturated rings. The van der Waals surface area contributed by atoms with Crippen LogP contribution in [0.2, 0.25) is 0 Å². The van der Waals surface area contributed by atoms with Gasteiger partial charge in [0, 0.05) is 25.2 Å². The van der Waals surface area contributed by atoms with E-state index in [9.17, 15) is 19.3 Å². The predicted molar refractivity (Wildman–Crippen MR) is 84.7 cm³/mol. The lowest BCUT2D eigenvalue weighted by molar-refractivity contribution is -0.384.